The van der Waals surface area contributed by atoms with E-state index in [1.807, 2.05) is 25.1 Å². The molecule has 0 fully saturated rings. The van der Waals surface area contributed by atoms with Gasteiger partial charge in [-0.25, -0.2) is 0 Å². The molecule has 0 amide bonds. The van der Waals surface area contributed by atoms with Crippen molar-refractivity contribution in [1.82, 2.24) is 0 Å². The summed E-state index contributed by atoms with van der Waals surface area (Å²) in [5.41, 5.74) is 9.24. The first kappa shape index (κ1) is 10.9. The molecule has 1 rings (SSSR count). The third-order valence-corrected chi connectivity index (χ3v) is 2.50. The Morgan fingerprint density at radius 2 is 2.29 bits per heavy atom. The van der Waals surface area contributed by atoms with Crippen LogP contribution in [0.4, 0.5) is 0 Å². The minimum atomic E-state index is -0.165. The molecule has 1 aromatic rings. The maximum atomic E-state index is 8.29. The van der Waals surface area contributed by atoms with Crippen molar-refractivity contribution in [2.45, 2.75) is 13.0 Å². The van der Waals surface area contributed by atoms with Crippen molar-refractivity contribution >= 4 is 15.9 Å². The van der Waals surface area contributed by atoms with Crippen LogP contribution >= 0.6 is 15.9 Å². The Labute approximate surface area is 90.6 Å². The van der Waals surface area contributed by atoms with Crippen LogP contribution in [0.5, 0.6) is 5.75 Å². The number of nitrogens with zero attached hydrogens (tertiary/aromatic N) is 3. The molecule has 0 radical (unpaired) electrons. The van der Waals surface area contributed by atoms with Crippen LogP contribution in [0.2, 0.25) is 0 Å². The zero-order chi connectivity index (χ0) is 10.6. The number of hydrogen-bond donors (Lipinski definition) is 0. The average molecular weight is 256 g/mol. The lowest BCUT2D eigenvalue weighted by atomic mass is 10.1. The van der Waals surface area contributed by atoms with Crippen molar-refractivity contribution in [2.24, 2.45) is 5.11 Å². The van der Waals surface area contributed by atoms with Gasteiger partial charge >= 0.3 is 0 Å². The molecule has 0 aromatic heterocycles. The van der Waals surface area contributed by atoms with Gasteiger partial charge in [0.2, 0.25) is 0 Å². The van der Waals surface area contributed by atoms with Crippen molar-refractivity contribution in [3.63, 3.8) is 0 Å². The quantitative estimate of drug-likeness (QED) is 0.460. The van der Waals surface area contributed by atoms with E-state index in [2.05, 4.69) is 26.0 Å². The molecule has 0 N–H and O–H groups in total. The van der Waals surface area contributed by atoms with Crippen LogP contribution in [-0.2, 0) is 0 Å². The standard InChI is InChI=1S/C9H10BrN3O/c1-6(12-13-11)7-3-4-9(14-2)8(10)5-7/h3-6H,1-2H3/t6-/m0/s1. The third kappa shape index (κ3) is 2.40. The molecular weight excluding hydrogens is 246 g/mol. The third-order valence-electron chi connectivity index (χ3n) is 1.88. The predicted octanol–water partition coefficient (Wildman–Crippen LogP) is 3.83. The summed E-state index contributed by atoms with van der Waals surface area (Å²) in [5, 5.41) is 3.61. The lowest BCUT2D eigenvalue weighted by molar-refractivity contribution is 0.412. The Bertz CT molecular complexity index is 374. The van der Waals surface area contributed by atoms with Gasteiger partial charge in [0.1, 0.15) is 5.75 Å². The Morgan fingerprint density at radius 3 is 2.79 bits per heavy atom. The summed E-state index contributed by atoms with van der Waals surface area (Å²) < 4.78 is 5.95. The van der Waals surface area contributed by atoms with Gasteiger partial charge in [-0.15, -0.1) is 0 Å². The fourth-order valence-electron chi connectivity index (χ4n) is 1.09. The van der Waals surface area contributed by atoms with E-state index in [-0.39, 0.29) is 6.04 Å². The summed E-state index contributed by atoms with van der Waals surface area (Å²) in [5.74, 6) is 0.766. The van der Waals surface area contributed by atoms with Gasteiger partial charge in [-0.05, 0) is 39.2 Å². The van der Waals surface area contributed by atoms with Crippen LogP contribution in [-0.4, -0.2) is 7.11 Å². The van der Waals surface area contributed by atoms with Crippen LogP contribution in [0.1, 0.15) is 18.5 Å². The molecule has 0 aliphatic carbocycles. The topological polar surface area (TPSA) is 58.0 Å². The summed E-state index contributed by atoms with van der Waals surface area (Å²) in [6.07, 6.45) is 0. The Morgan fingerprint density at radius 1 is 1.57 bits per heavy atom. The molecular formula is C9H10BrN3O. The van der Waals surface area contributed by atoms with Crippen LogP contribution in [0, 0.1) is 0 Å². The number of hydrogen-bond acceptors (Lipinski definition) is 2. The molecule has 5 heteroatoms. The second-order valence-corrected chi connectivity index (χ2v) is 3.63. The highest BCUT2D eigenvalue weighted by molar-refractivity contribution is 9.10. The molecule has 0 saturated heterocycles. The van der Waals surface area contributed by atoms with Gasteiger partial charge in [0.15, 0.2) is 0 Å². The van der Waals surface area contributed by atoms with E-state index >= 15 is 0 Å². The van der Waals surface area contributed by atoms with E-state index in [0.29, 0.717) is 0 Å². The highest BCUT2D eigenvalue weighted by Gasteiger charge is 2.06. The summed E-state index contributed by atoms with van der Waals surface area (Å²) in [6, 6.07) is 5.44. The number of halogens is 1. The van der Waals surface area contributed by atoms with Crippen LogP contribution in [0.15, 0.2) is 27.8 Å². The van der Waals surface area contributed by atoms with E-state index in [0.717, 1.165) is 15.8 Å². The van der Waals surface area contributed by atoms with Gasteiger partial charge in [0, 0.05) is 4.91 Å². The molecule has 0 aliphatic heterocycles. The van der Waals surface area contributed by atoms with Crippen LogP contribution in [0.3, 0.4) is 0 Å². The maximum absolute atomic E-state index is 8.29. The van der Waals surface area contributed by atoms with Gasteiger partial charge in [-0.3, -0.25) is 0 Å². The molecule has 1 aromatic carbocycles. The molecule has 0 aliphatic rings. The predicted molar refractivity (Wildman–Crippen MR) is 58.3 cm³/mol. The Hall–Kier alpha value is -1.19. The van der Waals surface area contributed by atoms with Gasteiger partial charge < -0.3 is 4.74 Å². The average Bonchev–Trinajstić information content (AvgIpc) is 2.18. The lowest BCUT2D eigenvalue weighted by Gasteiger charge is -2.08. The number of methoxy groups -OCH3 is 1. The molecule has 74 valence electrons. The fraction of sp³-hybridized carbons (Fsp3) is 0.333. The first-order valence-electron chi connectivity index (χ1n) is 4.06. The van der Waals surface area contributed by atoms with Gasteiger partial charge in [-0.1, -0.05) is 18.1 Å². The molecule has 0 heterocycles. The molecule has 0 bridgehead atoms. The highest BCUT2D eigenvalue weighted by atomic mass is 79.9. The van der Waals surface area contributed by atoms with Crippen molar-refractivity contribution < 1.29 is 4.74 Å². The minimum Gasteiger partial charge on any atom is -0.496 e. The smallest absolute Gasteiger partial charge is 0.133 e. The molecule has 14 heavy (non-hydrogen) atoms. The minimum absolute atomic E-state index is 0.165. The number of benzene rings is 1. The zero-order valence-corrected chi connectivity index (χ0v) is 9.52. The highest BCUT2D eigenvalue weighted by Crippen LogP contribution is 2.29. The summed E-state index contributed by atoms with van der Waals surface area (Å²) in [7, 11) is 1.61. The van der Waals surface area contributed by atoms with Crippen molar-refractivity contribution in [3.8, 4) is 5.75 Å². The number of ether oxygens (including phenoxy) is 1. The molecule has 0 saturated carbocycles. The van der Waals surface area contributed by atoms with E-state index in [9.17, 15) is 0 Å². The van der Waals surface area contributed by atoms with Gasteiger partial charge in [0.25, 0.3) is 0 Å². The monoisotopic (exact) mass is 255 g/mol. The molecule has 0 spiro atoms. The summed E-state index contributed by atoms with van der Waals surface area (Å²) in [6.45, 7) is 1.84. The SMILES string of the molecule is COc1ccc([C@H](C)N=[N+]=[N-])cc1Br. The summed E-state index contributed by atoms with van der Waals surface area (Å²) in [4.78, 5) is 2.76. The van der Waals surface area contributed by atoms with Gasteiger partial charge in [0.05, 0.1) is 17.6 Å². The number of azide groups is 1. The second kappa shape index (κ2) is 4.88. The van der Waals surface area contributed by atoms with Crippen molar-refractivity contribution in [3.05, 3.63) is 38.7 Å². The second-order valence-electron chi connectivity index (χ2n) is 2.77. The van der Waals surface area contributed by atoms with E-state index < -0.39 is 0 Å². The first-order chi connectivity index (χ1) is 6.69. The first-order valence-corrected chi connectivity index (χ1v) is 4.86. The van der Waals surface area contributed by atoms with Crippen LogP contribution < -0.4 is 4.74 Å². The largest absolute Gasteiger partial charge is 0.496 e. The van der Waals surface area contributed by atoms with E-state index in [1.165, 1.54) is 0 Å². The molecule has 4 nitrogen and oxygen atoms in total. The molecule has 1 atom stereocenters. The molecule has 0 unspecified atom stereocenters. The van der Waals surface area contributed by atoms with E-state index in [4.69, 9.17) is 10.3 Å². The Balaban J connectivity index is 3.01. The summed E-state index contributed by atoms with van der Waals surface area (Å²) >= 11 is 3.37. The Kier molecular flexibility index (Phi) is 3.80. The van der Waals surface area contributed by atoms with Crippen molar-refractivity contribution in [1.29, 1.82) is 0 Å². The lowest BCUT2D eigenvalue weighted by Crippen LogP contribution is -1.90. The zero-order valence-electron chi connectivity index (χ0n) is 7.94. The van der Waals surface area contributed by atoms with E-state index in [1.54, 1.807) is 7.11 Å². The van der Waals surface area contributed by atoms with Gasteiger partial charge in [-0.2, -0.15) is 0 Å². The van der Waals surface area contributed by atoms with Crippen LogP contribution in [0.25, 0.3) is 10.4 Å². The fourth-order valence-corrected chi connectivity index (χ4v) is 1.64. The van der Waals surface area contributed by atoms with Crippen molar-refractivity contribution in [2.75, 3.05) is 7.11 Å². The maximum Gasteiger partial charge on any atom is 0.133 e. The number of rotatable bonds is 3. The normalized spacial score (nSPS) is 11.6.